The molecule has 0 unspecified atom stereocenters. The smallest absolute Gasteiger partial charge is 0.264 e. The van der Waals surface area contributed by atoms with E-state index >= 15 is 0 Å². The van der Waals surface area contributed by atoms with Gasteiger partial charge in [0.2, 0.25) is 5.91 Å². The number of nitrogens with one attached hydrogen (secondary N) is 1. The molecule has 0 bridgehead atoms. The van der Waals surface area contributed by atoms with Gasteiger partial charge in [0, 0.05) is 45.2 Å². The van der Waals surface area contributed by atoms with Crippen LogP contribution in [-0.2, 0) is 9.53 Å². The molecule has 4 rings (SSSR count). The number of aromatic nitrogens is 2. The zero-order valence-corrected chi connectivity index (χ0v) is 18.7. The lowest BCUT2D eigenvalue weighted by atomic mass is 10.2. The largest absolute Gasteiger partial charge is 0.383 e. The molecule has 31 heavy (non-hydrogen) atoms. The van der Waals surface area contributed by atoms with Crippen LogP contribution in [0.15, 0.2) is 36.4 Å². The van der Waals surface area contributed by atoms with E-state index < -0.39 is 0 Å². The first-order valence-electron chi connectivity index (χ1n) is 10.4. The van der Waals surface area contributed by atoms with Crippen molar-refractivity contribution in [1.29, 1.82) is 0 Å². The van der Waals surface area contributed by atoms with E-state index in [1.54, 1.807) is 7.11 Å². The summed E-state index contributed by atoms with van der Waals surface area (Å²) in [4.78, 5) is 30.8. The fourth-order valence-electron chi connectivity index (χ4n) is 3.71. The van der Waals surface area contributed by atoms with Crippen molar-refractivity contribution in [3.05, 3.63) is 47.0 Å². The van der Waals surface area contributed by atoms with Gasteiger partial charge < -0.3 is 15.0 Å². The summed E-state index contributed by atoms with van der Waals surface area (Å²) in [6, 6.07) is 11.9. The van der Waals surface area contributed by atoms with E-state index in [1.165, 1.54) is 11.3 Å². The van der Waals surface area contributed by atoms with E-state index in [4.69, 9.17) is 4.74 Å². The molecule has 1 fully saturated rings. The maximum Gasteiger partial charge on any atom is 0.264 e. The zero-order chi connectivity index (χ0) is 21.8. The normalized spacial score (nSPS) is 14.8. The highest BCUT2D eigenvalue weighted by Crippen LogP contribution is 2.31. The van der Waals surface area contributed by atoms with Gasteiger partial charge in [0.05, 0.1) is 29.4 Å². The Morgan fingerprint density at radius 3 is 2.61 bits per heavy atom. The Morgan fingerprint density at radius 2 is 1.90 bits per heavy atom. The summed E-state index contributed by atoms with van der Waals surface area (Å²) in [7, 11) is 1.61. The molecule has 1 aromatic carbocycles. The topological polar surface area (TPSA) is 79.7 Å². The number of carbonyl (C=O) groups is 2. The van der Waals surface area contributed by atoms with Crippen LogP contribution in [0.1, 0.15) is 15.4 Å². The molecular formula is C22H27N5O3S. The van der Waals surface area contributed by atoms with E-state index in [9.17, 15) is 9.59 Å². The fourth-order valence-corrected chi connectivity index (χ4v) is 4.86. The summed E-state index contributed by atoms with van der Waals surface area (Å²) in [5.41, 5.74) is 1.90. The van der Waals surface area contributed by atoms with Crippen LogP contribution in [0, 0.1) is 6.92 Å². The Hall–Kier alpha value is -2.75. The van der Waals surface area contributed by atoms with Crippen LogP contribution >= 0.6 is 11.3 Å². The van der Waals surface area contributed by atoms with Gasteiger partial charge in [0.15, 0.2) is 0 Å². The number of benzene rings is 1. The minimum atomic E-state index is -0.0118. The molecule has 1 aliphatic rings. The summed E-state index contributed by atoms with van der Waals surface area (Å²) in [6.07, 6.45) is 0. The Labute approximate surface area is 185 Å². The van der Waals surface area contributed by atoms with Crippen LogP contribution in [-0.4, -0.2) is 84.4 Å². The van der Waals surface area contributed by atoms with Gasteiger partial charge in [0.1, 0.15) is 4.83 Å². The zero-order valence-electron chi connectivity index (χ0n) is 17.8. The molecule has 8 nitrogen and oxygen atoms in total. The van der Waals surface area contributed by atoms with E-state index in [-0.39, 0.29) is 11.8 Å². The number of carbonyl (C=O) groups excluding carboxylic acids is 2. The van der Waals surface area contributed by atoms with Crippen molar-refractivity contribution in [3.8, 4) is 5.69 Å². The molecule has 1 aliphatic heterocycles. The predicted octanol–water partition coefficient (Wildman–Crippen LogP) is 1.92. The minimum absolute atomic E-state index is 0.0118. The second-order valence-electron chi connectivity index (χ2n) is 7.57. The van der Waals surface area contributed by atoms with Crippen molar-refractivity contribution in [1.82, 2.24) is 24.9 Å². The Kier molecular flexibility index (Phi) is 6.64. The summed E-state index contributed by atoms with van der Waals surface area (Å²) < 4.78 is 6.85. The van der Waals surface area contributed by atoms with E-state index in [2.05, 4.69) is 15.3 Å². The lowest BCUT2D eigenvalue weighted by molar-refractivity contribution is -0.122. The summed E-state index contributed by atoms with van der Waals surface area (Å²) in [5, 5.41) is 8.50. The SMILES string of the molecule is COCCNC(=O)CN1CCN(C(=O)c2cc3c(C)nn(-c4ccccc4)c3s2)CC1. The second-order valence-corrected chi connectivity index (χ2v) is 8.60. The lowest BCUT2D eigenvalue weighted by Crippen LogP contribution is -2.51. The monoisotopic (exact) mass is 441 g/mol. The van der Waals surface area contributed by atoms with Gasteiger partial charge in [-0.1, -0.05) is 18.2 Å². The quantitative estimate of drug-likeness (QED) is 0.567. The molecule has 1 N–H and O–H groups in total. The van der Waals surface area contributed by atoms with Crippen molar-refractivity contribution < 1.29 is 14.3 Å². The average molecular weight is 442 g/mol. The number of thiophene rings is 1. The van der Waals surface area contributed by atoms with Crippen LogP contribution in [0.3, 0.4) is 0 Å². The van der Waals surface area contributed by atoms with E-state index in [0.29, 0.717) is 45.9 Å². The summed E-state index contributed by atoms with van der Waals surface area (Å²) in [6.45, 7) is 5.94. The van der Waals surface area contributed by atoms with Crippen LogP contribution < -0.4 is 5.32 Å². The molecule has 164 valence electrons. The van der Waals surface area contributed by atoms with Gasteiger partial charge in [-0.15, -0.1) is 11.3 Å². The maximum atomic E-state index is 13.1. The average Bonchev–Trinajstić information content (AvgIpc) is 3.35. The molecule has 2 aromatic heterocycles. The highest BCUT2D eigenvalue weighted by Gasteiger charge is 2.25. The summed E-state index contributed by atoms with van der Waals surface area (Å²) in [5.74, 6) is 0.0340. The predicted molar refractivity (Wildman–Crippen MR) is 121 cm³/mol. The number of rotatable bonds is 7. The molecule has 2 amide bonds. The van der Waals surface area contributed by atoms with Crippen molar-refractivity contribution in [3.63, 3.8) is 0 Å². The third-order valence-electron chi connectivity index (χ3n) is 5.41. The Balaban J connectivity index is 1.40. The van der Waals surface area contributed by atoms with Crippen LogP contribution in [0.2, 0.25) is 0 Å². The number of aryl methyl sites for hydroxylation is 1. The van der Waals surface area contributed by atoms with Gasteiger partial charge in [-0.25, -0.2) is 4.68 Å². The Bertz CT molecular complexity index is 1050. The molecule has 1 saturated heterocycles. The van der Waals surface area contributed by atoms with Crippen LogP contribution in [0.25, 0.3) is 15.9 Å². The number of nitrogens with zero attached hydrogens (tertiary/aromatic N) is 4. The number of hydrogen-bond acceptors (Lipinski definition) is 6. The third kappa shape index (κ3) is 4.79. The maximum absolute atomic E-state index is 13.1. The summed E-state index contributed by atoms with van der Waals surface area (Å²) >= 11 is 1.48. The van der Waals surface area contributed by atoms with E-state index in [1.807, 2.05) is 52.9 Å². The van der Waals surface area contributed by atoms with Gasteiger partial charge >= 0.3 is 0 Å². The number of fused-ring (bicyclic) bond motifs is 1. The van der Waals surface area contributed by atoms with E-state index in [0.717, 1.165) is 26.5 Å². The van der Waals surface area contributed by atoms with Gasteiger partial charge in [0.25, 0.3) is 5.91 Å². The second kappa shape index (κ2) is 9.59. The molecule has 0 atom stereocenters. The number of methoxy groups -OCH3 is 1. The highest BCUT2D eigenvalue weighted by atomic mass is 32.1. The van der Waals surface area contributed by atoms with Crippen molar-refractivity contribution >= 4 is 33.4 Å². The molecule has 9 heteroatoms. The molecule has 3 aromatic rings. The number of piperazine rings is 1. The third-order valence-corrected chi connectivity index (χ3v) is 6.51. The minimum Gasteiger partial charge on any atom is -0.383 e. The molecule has 0 aliphatic carbocycles. The van der Waals surface area contributed by atoms with Crippen molar-refractivity contribution in [2.24, 2.45) is 0 Å². The van der Waals surface area contributed by atoms with Gasteiger partial charge in [-0.2, -0.15) is 5.10 Å². The molecule has 0 radical (unpaired) electrons. The molecule has 0 spiro atoms. The highest BCUT2D eigenvalue weighted by molar-refractivity contribution is 7.20. The first-order valence-corrected chi connectivity index (χ1v) is 11.2. The first-order chi connectivity index (χ1) is 15.1. The number of ether oxygens (including phenoxy) is 1. The number of hydrogen-bond donors (Lipinski definition) is 1. The fraction of sp³-hybridized carbons (Fsp3) is 0.409. The van der Waals surface area contributed by atoms with Gasteiger partial charge in [-0.05, 0) is 25.1 Å². The van der Waals surface area contributed by atoms with Crippen molar-refractivity contribution in [2.75, 3.05) is 53.0 Å². The Morgan fingerprint density at radius 1 is 1.16 bits per heavy atom. The molecular weight excluding hydrogens is 414 g/mol. The first kappa shape index (κ1) is 21.5. The lowest BCUT2D eigenvalue weighted by Gasteiger charge is -2.34. The van der Waals surface area contributed by atoms with Crippen molar-refractivity contribution in [2.45, 2.75) is 6.92 Å². The number of amides is 2. The molecule has 0 saturated carbocycles. The molecule has 3 heterocycles. The standard InChI is InChI=1S/C22H27N5O3S/c1-16-18-14-19(31-22(18)27(24-16)17-6-4-3-5-7-17)21(29)26-11-9-25(10-12-26)15-20(28)23-8-13-30-2/h3-7,14H,8-13,15H2,1-2H3,(H,23,28). The van der Waals surface area contributed by atoms with Gasteiger partial charge in [-0.3, -0.25) is 14.5 Å². The van der Waals surface area contributed by atoms with Crippen LogP contribution in [0.5, 0.6) is 0 Å². The van der Waals surface area contributed by atoms with Crippen LogP contribution in [0.4, 0.5) is 0 Å². The number of para-hydroxylation sites is 1.